The smallest absolute Gasteiger partial charge is 0.259 e. The predicted molar refractivity (Wildman–Crippen MR) is 102 cm³/mol. The summed E-state index contributed by atoms with van der Waals surface area (Å²) in [4.78, 5) is 27.9. The second-order valence-electron chi connectivity index (χ2n) is 5.36. The number of thioether (sulfide) groups is 1. The maximum absolute atomic E-state index is 13.9. The Morgan fingerprint density at radius 1 is 1.15 bits per heavy atom. The molecule has 3 aromatic rings. The van der Waals surface area contributed by atoms with Crippen LogP contribution >= 0.6 is 23.1 Å². The van der Waals surface area contributed by atoms with Crippen molar-refractivity contribution in [2.75, 3.05) is 11.1 Å². The zero-order valence-corrected chi connectivity index (χ0v) is 15.4. The fourth-order valence-corrected chi connectivity index (χ4v) is 4.02. The number of hydrogen-bond donors (Lipinski definition) is 2. The van der Waals surface area contributed by atoms with Gasteiger partial charge in [0.15, 0.2) is 4.34 Å². The van der Waals surface area contributed by atoms with Crippen molar-refractivity contribution >= 4 is 39.9 Å². The van der Waals surface area contributed by atoms with E-state index in [0.717, 1.165) is 40.8 Å². The van der Waals surface area contributed by atoms with E-state index in [-0.39, 0.29) is 11.3 Å². The minimum absolute atomic E-state index is 0.0434. The van der Waals surface area contributed by atoms with Crippen molar-refractivity contribution in [1.82, 2.24) is 4.98 Å². The number of halogens is 2. The van der Waals surface area contributed by atoms with E-state index in [4.69, 9.17) is 5.73 Å². The van der Waals surface area contributed by atoms with Crippen LogP contribution in [0, 0.1) is 11.6 Å². The quantitative estimate of drug-likeness (QED) is 0.609. The molecule has 138 valence electrons. The Bertz CT molecular complexity index is 994. The third-order valence-corrected chi connectivity index (χ3v) is 5.53. The van der Waals surface area contributed by atoms with E-state index in [1.807, 2.05) is 30.3 Å². The molecule has 2 aromatic carbocycles. The first-order chi connectivity index (χ1) is 12.9. The Labute approximate surface area is 161 Å². The van der Waals surface area contributed by atoms with Crippen LogP contribution in [0.3, 0.4) is 0 Å². The molecule has 0 bridgehead atoms. The lowest BCUT2D eigenvalue weighted by Gasteiger charge is -2.06. The van der Waals surface area contributed by atoms with Crippen molar-refractivity contribution in [3.8, 4) is 11.3 Å². The number of thiazole rings is 1. The number of amides is 2. The summed E-state index contributed by atoms with van der Waals surface area (Å²) in [6.45, 7) is 0. The molecule has 0 aliphatic rings. The summed E-state index contributed by atoms with van der Waals surface area (Å²) in [5, 5.41) is 3.01. The van der Waals surface area contributed by atoms with Gasteiger partial charge in [0.1, 0.15) is 22.3 Å². The highest BCUT2D eigenvalue weighted by atomic mass is 32.2. The topological polar surface area (TPSA) is 85.1 Å². The highest BCUT2D eigenvalue weighted by molar-refractivity contribution is 8.01. The summed E-state index contributed by atoms with van der Waals surface area (Å²) >= 11 is 2.29. The largest absolute Gasteiger partial charge is 0.369 e. The zero-order chi connectivity index (χ0) is 19.4. The highest BCUT2D eigenvalue weighted by Gasteiger charge is 2.19. The Morgan fingerprint density at radius 2 is 1.89 bits per heavy atom. The molecular formula is C18H13F2N3O2S2. The third kappa shape index (κ3) is 4.69. The minimum atomic E-state index is -0.957. The first kappa shape index (κ1) is 19.0. The molecule has 0 unspecified atom stereocenters. The minimum Gasteiger partial charge on any atom is -0.369 e. The summed E-state index contributed by atoms with van der Waals surface area (Å²) in [5.74, 6) is -2.89. The normalized spacial score (nSPS) is 10.6. The van der Waals surface area contributed by atoms with Crippen molar-refractivity contribution in [3.63, 3.8) is 0 Å². The molecule has 0 atom stereocenters. The number of carbonyl (C=O) groups excluding carboxylic acids is 2. The van der Waals surface area contributed by atoms with Crippen molar-refractivity contribution in [2.24, 2.45) is 5.73 Å². The van der Waals surface area contributed by atoms with Gasteiger partial charge in [0, 0.05) is 11.6 Å². The Morgan fingerprint density at radius 3 is 2.56 bits per heavy atom. The van der Waals surface area contributed by atoms with Gasteiger partial charge < -0.3 is 11.1 Å². The molecular weight excluding hydrogens is 392 g/mol. The molecule has 3 N–H and O–H groups in total. The van der Waals surface area contributed by atoms with Crippen molar-refractivity contribution in [2.45, 2.75) is 4.34 Å². The van der Waals surface area contributed by atoms with E-state index in [0.29, 0.717) is 21.1 Å². The molecule has 5 nitrogen and oxygen atoms in total. The van der Waals surface area contributed by atoms with E-state index >= 15 is 0 Å². The lowest BCUT2D eigenvalue weighted by Crippen LogP contribution is -2.13. The number of nitrogens with two attached hydrogens (primary N) is 1. The van der Waals surface area contributed by atoms with Crippen LogP contribution in [0.25, 0.3) is 11.3 Å². The van der Waals surface area contributed by atoms with E-state index in [1.165, 1.54) is 0 Å². The van der Waals surface area contributed by atoms with E-state index < -0.39 is 23.4 Å². The summed E-state index contributed by atoms with van der Waals surface area (Å²) in [5.41, 5.74) is 6.11. The van der Waals surface area contributed by atoms with E-state index in [9.17, 15) is 18.4 Å². The number of nitrogens with one attached hydrogen (secondary N) is 1. The standard InChI is InChI=1S/C18H13F2N3O2S2/c19-11-6-7-12(13(20)8-11)16(25)23-17-15(10-4-2-1-3-5-10)22-18(27-17)26-9-14(21)24/h1-8H,9H2,(H2,21,24)(H,23,25). The third-order valence-electron chi connectivity index (χ3n) is 3.40. The summed E-state index contributed by atoms with van der Waals surface area (Å²) < 4.78 is 27.5. The molecule has 0 aliphatic heterocycles. The van der Waals surface area contributed by atoms with Crippen LogP contribution in [-0.2, 0) is 4.79 Å². The number of aromatic nitrogens is 1. The maximum atomic E-state index is 13.9. The maximum Gasteiger partial charge on any atom is 0.259 e. The Balaban J connectivity index is 1.92. The average molecular weight is 405 g/mol. The summed E-state index contributed by atoms with van der Waals surface area (Å²) in [7, 11) is 0. The number of hydrogen-bond acceptors (Lipinski definition) is 5. The molecule has 0 saturated carbocycles. The summed E-state index contributed by atoms with van der Waals surface area (Å²) in [6, 6.07) is 11.8. The molecule has 0 fully saturated rings. The first-order valence-corrected chi connectivity index (χ1v) is 9.48. The fraction of sp³-hybridized carbons (Fsp3) is 0.0556. The Kier molecular flexibility index (Phi) is 5.82. The lowest BCUT2D eigenvalue weighted by molar-refractivity contribution is -0.115. The molecule has 0 aliphatic carbocycles. The number of benzene rings is 2. The van der Waals surface area contributed by atoms with Crippen LogP contribution in [0.5, 0.6) is 0 Å². The highest BCUT2D eigenvalue weighted by Crippen LogP contribution is 2.37. The lowest BCUT2D eigenvalue weighted by atomic mass is 10.1. The Hall–Kier alpha value is -2.78. The number of nitrogens with zero attached hydrogens (tertiary/aromatic N) is 1. The molecule has 9 heteroatoms. The van der Waals surface area contributed by atoms with Crippen LogP contribution in [0.4, 0.5) is 13.8 Å². The molecule has 0 saturated heterocycles. The van der Waals surface area contributed by atoms with Crippen LogP contribution < -0.4 is 11.1 Å². The van der Waals surface area contributed by atoms with Crippen LogP contribution in [0.1, 0.15) is 10.4 Å². The summed E-state index contributed by atoms with van der Waals surface area (Å²) in [6.07, 6.45) is 0. The van der Waals surface area contributed by atoms with Gasteiger partial charge in [-0.1, -0.05) is 53.4 Å². The van der Waals surface area contributed by atoms with E-state index in [1.54, 1.807) is 0 Å². The van der Waals surface area contributed by atoms with Gasteiger partial charge in [-0.15, -0.1) is 0 Å². The van der Waals surface area contributed by atoms with Crippen molar-refractivity contribution in [1.29, 1.82) is 0 Å². The second-order valence-corrected chi connectivity index (χ2v) is 7.58. The second kappa shape index (κ2) is 8.28. The zero-order valence-electron chi connectivity index (χ0n) is 13.7. The molecule has 0 radical (unpaired) electrons. The fourth-order valence-electron chi connectivity index (χ4n) is 2.22. The molecule has 3 rings (SSSR count). The van der Waals surface area contributed by atoms with Crippen LogP contribution in [0.15, 0.2) is 52.9 Å². The van der Waals surface area contributed by atoms with Crippen LogP contribution in [-0.4, -0.2) is 22.6 Å². The predicted octanol–water partition coefficient (Wildman–Crippen LogP) is 3.92. The number of rotatable bonds is 6. The van der Waals surface area contributed by atoms with Gasteiger partial charge in [-0.05, 0) is 12.1 Å². The van der Waals surface area contributed by atoms with Crippen molar-refractivity contribution < 1.29 is 18.4 Å². The van der Waals surface area contributed by atoms with Gasteiger partial charge in [0.2, 0.25) is 5.91 Å². The molecule has 1 aromatic heterocycles. The van der Waals surface area contributed by atoms with Gasteiger partial charge >= 0.3 is 0 Å². The number of primary amides is 1. The SMILES string of the molecule is NC(=O)CSc1nc(-c2ccccc2)c(NC(=O)c2ccc(F)cc2F)s1. The number of anilines is 1. The van der Waals surface area contributed by atoms with Crippen LogP contribution in [0.2, 0.25) is 0 Å². The monoisotopic (exact) mass is 405 g/mol. The first-order valence-electron chi connectivity index (χ1n) is 7.68. The van der Waals surface area contributed by atoms with Gasteiger partial charge in [-0.3, -0.25) is 9.59 Å². The number of carbonyl (C=O) groups is 2. The van der Waals surface area contributed by atoms with E-state index in [2.05, 4.69) is 10.3 Å². The van der Waals surface area contributed by atoms with Crippen molar-refractivity contribution in [3.05, 3.63) is 65.7 Å². The molecule has 1 heterocycles. The van der Waals surface area contributed by atoms with Gasteiger partial charge in [-0.2, -0.15) is 0 Å². The molecule has 0 spiro atoms. The molecule has 2 amide bonds. The van der Waals surface area contributed by atoms with Gasteiger partial charge in [0.05, 0.1) is 11.3 Å². The van der Waals surface area contributed by atoms with Gasteiger partial charge in [-0.25, -0.2) is 13.8 Å². The average Bonchev–Trinajstić information content (AvgIpc) is 3.03. The molecule has 27 heavy (non-hydrogen) atoms. The van der Waals surface area contributed by atoms with Gasteiger partial charge in [0.25, 0.3) is 5.91 Å².